The minimum absolute atomic E-state index is 0.675. The summed E-state index contributed by atoms with van der Waals surface area (Å²) in [6.45, 7) is 0. The van der Waals surface area contributed by atoms with E-state index < -0.39 is 0 Å². The maximum atomic E-state index is 9.77. The maximum absolute atomic E-state index is 9.77. The molecular weight excluding hydrogens is 544 g/mol. The Hall–Kier alpha value is -6.17. The molecule has 0 N–H and O–H groups in total. The molecule has 0 spiro atoms. The zero-order valence-electron chi connectivity index (χ0n) is 24.6. The van der Waals surface area contributed by atoms with Gasteiger partial charge < -0.3 is 4.57 Å². The van der Waals surface area contributed by atoms with Crippen molar-refractivity contribution in [2.45, 2.75) is 0 Å². The number of hydrogen-bond donors (Lipinski definition) is 0. The molecule has 0 aliphatic carbocycles. The largest absolute Gasteiger partial charge is 0.309 e. The Labute approximate surface area is 262 Å². The third kappa shape index (κ3) is 4.68. The van der Waals surface area contributed by atoms with Crippen molar-refractivity contribution < 1.29 is 0 Å². The minimum atomic E-state index is 0.675. The van der Waals surface area contributed by atoms with E-state index in [1.54, 1.807) is 0 Å². The van der Waals surface area contributed by atoms with Gasteiger partial charge in [-0.25, -0.2) is 0 Å². The highest BCUT2D eigenvalue weighted by atomic mass is 15.0. The number of rotatable bonds is 5. The number of nitrogens with zero attached hydrogens (tertiary/aromatic N) is 2. The van der Waals surface area contributed by atoms with Crippen LogP contribution in [0.4, 0.5) is 0 Å². The molecule has 0 bridgehead atoms. The van der Waals surface area contributed by atoms with E-state index in [2.05, 4.69) is 156 Å². The molecule has 1 aromatic heterocycles. The first-order valence-corrected chi connectivity index (χ1v) is 15.2. The standard InChI is InChI=1S/C43H28N2/c44-29-36-16-7-8-19-37(36)34-17-11-18-35(26-34)38-20-9-10-21-41(38)45-42-24-22-32(30-12-3-1-4-13-30)27-39(42)40-28-33(23-25-43(40)45)31-14-5-2-6-15-31/h1-28H. The van der Waals surface area contributed by atoms with Crippen LogP contribution in [0.3, 0.4) is 0 Å². The first kappa shape index (κ1) is 26.5. The molecule has 0 amide bonds. The maximum Gasteiger partial charge on any atom is 0.0998 e. The molecular formula is C43H28N2. The minimum Gasteiger partial charge on any atom is -0.309 e. The van der Waals surface area contributed by atoms with E-state index >= 15 is 0 Å². The highest BCUT2D eigenvalue weighted by molar-refractivity contribution is 6.12. The smallest absolute Gasteiger partial charge is 0.0998 e. The van der Waals surface area contributed by atoms with Crippen LogP contribution in [0.2, 0.25) is 0 Å². The molecule has 0 saturated heterocycles. The summed E-state index contributed by atoms with van der Waals surface area (Å²) in [7, 11) is 0. The molecule has 0 fully saturated rings. The number of aromatic nitrogens is 1. The summed E-state index contributed by atoms with van der Waals surface area (Å²) < 4.78 is 2.40. The van der Waals surface area contributed by atoms with E-state index in [1.807, 2.05) is 24.3 Å². The lowest BCUT2D eigenvalue weighted by Gasteiger charge is -2.15. The van der Waals surface area contributed by atoms with E-state index in [1.165, 1.54) is 33.0 Å². The van der Waals surface area contributed by atoms with Gasteiger partial charge in [-0.15, -0.1) is 0 Å². The quantitative estimate of drug-likeness (QED) is 0.202. The van der Waals surface area contributed by atoms with Crippen molar-refractivity contribution in [3.8, 4) is 56.3 Å². The SMILES string of the molecule is N#Cc1ccccc1-c1cccc(-c2ccccc2-n2c3ccc(-c4ccccc4)cc3c3cc(-c4ccccc4)ccc32)c1. The molecule has 2 heteroatoms. The zero-order chi connectivity index (χ0) is 30.2. The molecule has 7 aromatic carbocycles. The third-order valence-electron chi connectivity index (χ3n) is 8.66. The lowest BCUT2D eigenvalue weighted by atomic mass is 9.95. The van der Waals surface area contributed by atoms with Crippen LogP contribution in [0.15, 0.2) is 170 Å². The average molecular weight is 573 g/mol. The van der Waals surface area contributed by atoms with Gasteiger partial charge in [0, 0.05) is 16.3 Å². The highest BCUT2D eigenvalue weighted by Crippen LogP contribution is 2.40. The van der Waals surface area contributed by atoms with Crippen molar-refractivity contribution in [3.05, 3.63) is 175 Å². The normalized spacial score (nSPS) is 11.1. The van der Waals surface area contributed by atoms with Crippen molar-refractivity contribution in [1.29, 1.82) is 5.26 Å². The fourth-order valence-corrected chi connectivity index (χ4v) is 6.50. The molecule has 8 rings (SSSR count). The molecule has 1 heterocycles. The molecule has 0 atom stereocenters. The number of para-hydroxylation sites is 1. The molecule has 0 saturated carbocycles. The van der Waals surface area contributed by atoms with Gasteiger partial charge in [0.2, 0.25) is 0 Å². The lowest BCUT2D eigenvalue weighted by Crippen LogP contribution is -1.97. The summed E-state index contributed by atoms with van der Waals surface area (Å²) in [4.78, 5) is 0. The van der Waals surface area contributed by atoms with Crippen LogP contribution in [-0.4, -0.2) is 4.57 Å². The van der Waals surface area contributed by atoms with E-state index in [0.29, 0.717) is 5.56 Å². The first-order chi connectivity index (χ1) is 22.3. The molecule has 0 aliphatic rings. The van der Waals surface area contributed by atoms with Crippen LogP contribution in [0.5, 0.6) is 0 Å². The Kier molecular flexibility index (Phi) is 6.56. The Morgan fingerprint density at radius 1 is 0.378 bits per heavy atom. The summed E-state index contributed by atoms with van der Waals surface area (Å²) in [5.74, 6) is 0. The van der Waals surface area contributed by atoms with Crippen molar-refractivity contribution in [2.24, 2.45) is 0 Å². The number of benzene rings is 7. The van der Waals surface area contributed by atoms with Crippen LogP contribution in [-0.2, 0) is 0 Å². The van der Waals surface area contributed by atoms with Gasteiger partial charge >= 0.3 is 0 Å². The van der Waals surface area contributed by atoms with E-state index in [0.717, 1.165) is 39.0 Å². The van der Waals surface area contributed by atoms with Crippen LogP contribution < -0.4 is 0 Å². The molecule has 0 unspecified atom stereocenters. The first-order valence-electron chi connectivity index (χ1n) is 15.2. The zero-order valence-corrected chi connectivity index (χ0v) is 24.6. The summed E-state index contributed by atoms with van der Waals surface area (Å²) in [5, 5.41) is 12.2. The van der Waals surface area contributed by atoms with Crippen molar-refractivity contribution in [3.63, 3.8) is 0 Å². The molecule has 0 aliphatic heterocycles. The third-order valence-corrected chi connectivity index (χ3v) is 8.66. The fraction of sp³-hybridized carbons (Fsp3) is 0. The lowest BCUT2D eigenvalue weighted by molar-refractivity contribution is 1.18. The summed E-state index contributed by atoms with van der Waals surface area (Å²) in [6.07, 6.45) is 0. The van der Waals surface area contributed by atoms with Gasteiger partial charge in [0.25, 0.3) is 0 Å². The van der Waals surface area contributed by atoms with Gasteiger partial charge in [-0.05, 0) is 81.4 Å². The van der Waals surface area contributed by atoms with Gasteiger partial charge in [-0.2, -0.15) is 5.26 Å². The molecule has 45 heavy (non-hydrogen) atoms. The Balaban J connectivity index is 1.37. The number of hydrogen-bond acceptors (Lipinski definition) is 1. The topological polar surface area (TPSA) is 28.7 Å². The van der Waals surface area contributed by atoms with Gasteiger partial charge in [0.15, 0.2) is 0 Å². The number of nitriles is 1. The van der Waals surface area contributed by atoms with Gasteiger partial charge in [0.05, 0.1) is 28.4 Å². The van der Waals surface area contributed by atoms with Crippen LogP contribution in [0, 0.1) is 11.3 Å². The van der Waals surface area contributed by atoms with Gasteiger partial charge in [-0.1, -0.05) is 127 Å². The van der Waals surface area contributed by atoms with Crippen LogP contribution >= 0.6 is 0 Å². The fourth-order valence-electron chi connectivity index (χ4n) is 6.50. The summed E-state index contributed by atoms with van der Waals surface area (Å²) >= 11 is 0. The molecule has 8 aromatic rings. The molecule has 210 valence electrons. The Morgan fingerprint density at radius 2 is 0.867 bits per heavy atom. The van der Waals surface area contributed by atoms with Crippen molar-refractivity contribution in [2.75, 3.05) is 0 Å². The second kappa shape index (κ2) is 11.2. The van der Waals surface area contributed by atoms with E-state index in [9.17, 15) is 5.26 Å². The predicted octanol–water partition coefficient (Wildman–Crippen LogP) is 11.3. The van der Waals surface area contributed by atoms with Crippen LogP contribution in [0.1, 0.15) is 5.56 Å². The second-order valence-electron chi connectivity index (χ2n) is 11.3. The Morgan fingerprint density at radius 3 is 1.47 bits per heavy atom. The van der Waals surface area contributed by atoms with Gasteiger partial charge in [-0.3, -0.25) is 0 Å². The summed E-state index contributed by atoms with van der Waals surface area (Å²) in [5.41, 5.74) is 13.1. The Bertz CT molecular complexity index is 2280. The predicted molar refractivity (Wildman–Crippen MR) is 187 cm³/mol. The highest BCUT2D eigenvalue weighted by Gasteiger charge is 2.17. The van der Waals surface area contributed by atoms with Gasteiger partial charge in [0.1, 0.15) is 0 Å². The molecule has 0 radical (unpaired) electrons. The monoisotopic (exact) mass is 572 g/mol. The summed E-state index contributed by atoms with van der Waals surface area (Å²) in [6, 6.07) is 62.1. The van der Waals surface area contributed by atoms with Crippen LogP contribution in [0.25, 0.3) is 72.0 Å². The van der Waals surface area contributed by atoms with E-state index in [4.69, 9.17) is 0 Å². The molecule has 2 nitrogen and oxygen atoms in total. The van der Waals surface area contributed by atoms with Crippen molar-refractivity contribution >= 4 is 21.8 Å². The van der Waals surface area contributed by atoms with E-state index in [-0.39, 0.29) is 0 Å². The number of fused-ring (bicyclic) bond motifs is 3. The average Bonchev–Trinajstić information content (AvgIpc) is 3.45. The van der Waals surface area contributed by atoms with Crippen molar-refractivity contribution in [1.82, 2.24) is 4.57 Å². The second-order valence-corrected chi connectivity index (χ2v) is 11.3.